The van der Waals surface area contributed by atoms with E-state index in [4.69, 9.17) is 4.74 Å². The number of pyridine rings is 1. The standard InChI is InChI=1S/C20H19N3O6S/c24-17(14-5-7-15(8-6-14)23(27)28)12-29-20(26)16-4-3-9-21-19(16)30-13-18(25)22-10-1-2-11-22/h3-9H,1-2,10-13H2. The topological polar surface area (TPSA) is 120 Å². The predicted molar refractivity (Wildman–Crippen MR) is 108 cm³/mol. The third-order valence-electron chi connectivity index (χ3n) is 4.52. The van der Waals surface area contributed by atoms with Gasteiger partial charge in [0.05, 0.1) is 16.2 Å². The van der Waals surface area contributed by atoms with Gasteiger partial charge in [-0.2, -0.15) is 0 Å². The maximum Gasteiger partial charge on any atom is 0.341 e. The number of amides is 1. The molecule has 2 aromatic rings. The van der Waals surface area contributed by atoms with Gasteiger partial charge in [-0.3, -0.25) is 19.7 Å². The molecule has 1 aromatic carbocycles. The molecule has 0 radical (unpaired) electrons. The van der Waals surface area contributed by atoms with E-state index in [2.05, 4.69) is 4.98 Å². The van der Waals surface area contributed by atoms with E-state index in [1.54, 1.807) is 11.0 Å². The van der Waals surface area contributed by atoms with Crippen LogP contribution in [0.4, 0.5) is 5.69 Å². The molecule has 2 heterocycles. The molecular formula is C20H19N3O6S. The number of ether oxygens (including phenoxy) is 1. The largest absolute Gasteiger partial charge is 0.454 e. The molecule has 0 bridgehead atoms. The maximum absolute atomic E-state index is 12.4. The Balaban J connectivity index is 1.57. The molecule has 9 nitrogen and oxygen atoms in total. The third-order valence-corrected chi connectivity index (χ3v) is 5.51. The van der Waals surface area contributed by atoms with Gasteiger partial charge >= 0.3 is 5.97 Å². The average Bonchev–Trinajstić information content (AvgIpc) is 3.31. The van der Waals surface area contributed by atoms with Gasteiger partial charge in [0.2, 0.25) is 5.91 Å². The second kappa shape index (κ2) is 9.97. The first-order chi connectivity index (χ1) is 14.5. The lowest BCUT2D eigenvalue weighted by Gasteiger charge is -2.15. The predicted octanol–water partition coefficient (Wildman–Crippen LogP) is 2.74. The van der Waals surface area contributed by atoms with Gasteiger partial charge in [0.15, 0.2) is 12.4 Å². The fourth-order valence-corrected chi connectivity index (χ4v) is 3.80. The van der Waals surface area contributed by atoms with Crippen molar-refractivity contribution in [2.24, 2.45) is 0 Å². The number of nitro benzene ring substituents is 1. The summed E-state index contributed by atoms with van der Waals surface area (Å²) in [6, 6.07) is 8.13. The zero-order valence-corrected chi connectivity index (χ0v) is 16.8. The number of aromatic nitrogens is 1. The second-order valence-corrected chi connectivity index (χ2v) is 7.50. The van der Waals surface area contributed by atoms with Crippen LogP contribution in [0.2, 0.25) is 0 Å². The van der Waals surface area contributed by atoms with Gasteiger partial charge < -0.3 is 9.64 Å². The van der Waals surface area contributed by atoms with E-state index in [9.17, 15) is 24.5 Å². The molecule has 1 aliphatic rings. The van der Waals surface area contributed by atoms with E-state index in [0.717, 1.165) is 37.7 Å². The number of carbonyl (C=O) groups is 3. The Hall–Kier alpha value is -3.27. The highest BCUT2D eigenvalue weighted by Crippen LogP contribution is 2.22. The normalized spacial score (nSPS) is 13.1. The number of esters is 1. The van der Waals surface area contributed by atoms with Crippen molar-refractivity contribution < 1.29 is 24.0 Å². The van der Waals surface area contributed by atoms with Crippen LogP contribution < -0.4 is 0 Å². The van der Waals surface area contributed by atoms with Crippen molar-refractivity contribution in [1.29, 1.82) is 0 Å². The number of ketones is 1. The molecule has 3 rings (SSSR count). The van der Waals surface area contributed by atoms with E-state index in [-0.39, 0.29) is 28.5 Å². The highest BCUT2D eigenvalue weighted by atomic mass is 32.2. The minimum atomic E-state index is -0.727. The summed E-state index contributed by atoms with van der Waals surface area (Å²) < 4.78 is 5.10. The van der Waals surface area contributed by atoms with Gasteiger partial charge in [0.1, 0.15) is 5.03 Å². The van der Waals surface area contributed by atoms with Crippen molar-refractivity contribution in [3.05, 3.63) is 63.8 Å². The van der Waals surface area contributed by atoms with Crippen LogP contribution in [-0.2, 0) is 9.53 Å². The van der Waals surface area contributed by atoms with Gasteiger partial charge in [0.25, 0.3) is 5.69 Å². The molecule has 0 aliphatic carbocycles. The molecule has 10 heteroatoms. The molecule has 156 valence electrons. The van der Waals surface area contributed by atoms with E-state index < -0.39 is 23.3 Å². The summed E-state index contributed by atoms with van der Waals surface area (Å²) in [6.07, 6.45) is 3.52. The summed E-state index contributed by atoms with van der Waals surface area (Å²) in [5, 5.41) is 11.0. The number of hydrogen-bond acceptors (Lipinski definition) is 8. The molecule has 0 unspecified atom stereocenters. The summed E-state index contributed by atoms with van der Waals surface area (Å²) in [5.74, 6) is -1.05. The first-order valence-electron chi connectivity index (χ1n) is 9.26. The second-order valence-electron chi connectivity index (χ2n) is 6.54. The number of carbonyl (C=O) groups excluding carboxylic acids is 3. The Labute approximate surface area is 176 Å². The van der Waals surface area contributed by atoms with Crippen LogP contribution in [0, 0.1) is 10.1 Å². The lowest BCUT2D eigenvalue weighted by atomic mass is 10.1. The van der Waals surface area contributed by atoms with E-state index in [1.165, 1.54) is 36.5 Å². The number of nitrogens with zero attached hydrogens (tertiary/aromatic N) is 3. The van der Waals surface area contributed by atoms with Crippen LogP contribution in [0.25, 0.3) is 0 Å². The Morgan fingerprint density at radius 2 is 1.83 bits per heavy atom. The molecule has 1 aliphatic heterocycles. The minimum Gasteiger partial charge on any atom is -0.454 e. The molecule has 1 amide bonds. The number of nitro groups is 1. The van der Waals surface area contributed by atoms with E-state index in [1.807, 2.05) is 0 Å². The molecule has 0 N–H and O–H groups in total. The number of rotatable bonds is 8. The quantitative estimate of drug-likeness (QED) is 0.207. The molecular weight excluding hydrogens is 410 g/mol. The monoisotopic (exact) mass is 429 g/mol. The first kappa shape index (κ1) is 21.4. The first-order valence-corrected chi connectivity index (χ1v) is 10.2. The average molecular weight is 429 g/mol. The molecule has 0 atom stereocenters. The SMILES string of the molecule is O=C(COC(=O)c1cccnc1SCC(=O)N1CCCC1)c1ccc([N+](=O)[O-])cc1. The number of likely N-dealkylation sites (tertiary alicyclic amines) is 1. The van der Waals surface area contributed by atoms with E-state index >= 15 is 0 Å². The van der Waals surface area contributed by atoms with Gasteiger partial charge in [-0.05, 0) is 37.1 Å². The molecule has 1 saturated heterocycles. The van der Waals surface area contributed by atoms with Gasteiger partial charge in [0, 0.05) is 37.0 Å². The Morgan fingerprint density at radius 1 is 1.13 bits per heavy atom. The molecule has 1 aromatic heterocycles. The van der Waals surface area contributed by atoms with Crippen molar-refractivity contribution in [3.8, 4) is 0 Å². The number of Topliss-reactive ketones (excluding diaryl/α,β-unsaturated/α-hetero) is 1. The fourth-order valence-electron chi connectivity index (χ4n) is 2.91. The molecule has 30 heavy (non-hydrogen) atoms. The highest BCUT2D eigenvalue weighted by molar-refractivity contribution is 8.00. The van der Waals surface area contributed by atoms with Crippen molar-refractivity contribution in [3.63, 3.8) is 0 Å². The summed E-state index contributed by atoms with van der Waals surface area (Å²) in [6.45, 7) is 0.991. The molecule has 0 spiro atoms. The summed E-state index contributed by atoms with van der Waals surface area (Å²) in [7, 11) is 0. The van der Waals surface area contributed by atoms with E-state index in [0.29, 0.717) is 5.03 Å². The third kappa shape index (κ3) is 5.41. The maximum atomic E-state index is 12.4. The zero-order chi connectivity index (χ0) is 21.5. The summed E-state index contributed by atoms with van der Waals surface area (Å²) >= 11 is 1.15. The van der Waals surface area contributed by atoms with Crippen molar-refractivity contribution in [2.45, 2.75) is 17.9 Å². The smallest absolute Gasteiger partial charge is 0.341 e. The van der Waals surface area contributed by atoms with Crippen molar-refractivity contribution in [1.82, 2.24) is 9.88 Å². The Morgan fingerprint density at radius 3 is 2.50 bits per heavy atom. The summed E-state index contributed by atoms with van der Waals surface area (Å²) in [4.78, 5) is 52.9. The molecule has 0 saturated carbocycles. The number of benzene rings is 1. The van der Waals surface area contributed by atoms with Gasteiger partial charge in [-0.25, -0.2) is 9.78 Å². The van der Waals surface area contributed by atoms with Crippen LogP contribution in [0.1, 0.15) is 33.6 Å². The number of thioether (sulfide) groups is 1. The Kier molecular flexibility index (Phi) is 7.12. The highest BCUT2D eigenvalue weighted by Gasteiger charge is 2.21. The minimum absolute atomic E-state index is 0.00387. The van der Waals surface area contributed by atoms with Crippen LogP contribution in [0.5, 0.6) is 0 Å². The number of non-ortho nitro benzene ring substituents is 1. The van der Waals surface area contributed by atoms with Gasteiger partial charge in [-0.1, -0.05) is 11.8 Å². The fraction of sp³-hybridized carbons (Fsp3) is 0.300. The van der Waals surface area contributed by atoms with Crippen molar-refractivity contribution in [2.75, 3.05) is 25.4 Å². The zero-order valence-electron chi connectivity index (χ0n) is 16.0. The Bertz CT molecular complexity index is 957. The van der Waals surface area contributed by atoms with Gasteiger partial charge in [-0.15, -0.1) is 0 Å². The van der Waals surface area contributed by atoms with Crippen molar-refractivity contribution >= 4 is 35.1 Å². The lowest BCUT2D eigenvalue weighted by molar-refractivity contribution is -0.384. The lowest BCUT2D eigenvalue weighted by Crippen LogP contribution is -2.29. The van der Waals surface area contributed by atoms with Crippen LogP contribution in [-0.4, -0.2) is 57.9 Å². The van der Waals surface area contributed by atoms with Crippen LogP contribution in [0.15, 0.2) is 47.6 Å². The van der Waals surface area contributed by atoms with Crippen LogP contribution in [0.3, 0.4) is 0 Å². The molecule has 1 fully saturated rings. The number of hydrogen-bond donors (Lipinski definition) is 0. The van der Waals surface area contributed by atoms with Crippen LogP contribution >= 0.6 is 11.8 Å². The summed E-state index contributed by atoms with van der Waals surface area (Å²) in [5.41, 5.74) is 0.239.